The maximum atomic E-state index is 12.5. The molecule has 0 aromatic rings. The number of carbonyl (C=O) groups is 1. The lowest BCUT2D eigenvalue weighted by molar-refractivity contribution is -0.126. The van der Waals surface area contributed by atoms with Gasteiger partial charge in [0.05, 0.1) is 0 Å². The fourth-order valence-corrected chi connectivity index (χ4v) is 4.26. The zero-order valence-electron chi connectivity index (χ0n) is 10.1. The monoisotopic (exact) mass is 216 g/mol. The number of rotatable bonds is 0. The van der Waals surface area contributed by atoms with Crippen molar-refractivity contribution in [3.05, 3.63) is 24.3 Å². The van der Waals surface area contributed by atoms with E-state index in [1.54, 1.807) is 0 Å². The van der Waals surface area contributed by atoms with Gasteiger partial charge < -0.3 is 0 Å². The standard InChI is InChI=1S/C15H20O/c1-9-5-3-7-11-12-8-4-6-10(2)14(12)15(16)13(9)11/h3-6,9-14H,7-8H2,1-2H3/t9-,10+,11-,12+,13-,14-/m0/s1. The molecule has 0 radical (unpaired) electrons. The summed E-state index contributed by atoms with van der Waals surface area (Å²) in [5.41, 5.74) is 0. The van der Waals surface area contributed by atoms with E-state index in [0.717, 1.165) is 12.8 Å². The molecule has 1 fully saturated rings. The Bertz CT molecular complexity index is 332. The molecule has 3 aliphatic rings. The zero-order valence-corrected chi connectivity index (χ0v) is 10.1. The van der Waals surface area contributed by atoms with Crippen molar-refractivity contribution in [1.29, 1.82) is 0 Å². The van der Waals surface area contributed by atoms with Gasteiger partial charge in [-0.05, 0) is 36.5 Å². The molecule has 0 saturated heterocycles. The minimum absolute atomic E-state index is 0.322. The minimum atomic E-state index is 0.322. The van der Waals surface area contributed by atoms with E-state index >= 15 is 0 Å². The van der Waals surface area contributed by atoms with Crippen molar-refractivity contribution in [3.63, 3.8) is 0 Å². The molecule has 1 nitrogen and oxygen atoms in total. The van der Waals surface area contributed by atoms with Crippen LogP contribution in [0.4, 0.5) is 0 Å². The third kappa shape index (κ3) is 1.27. The Morgan fingerprint density at radius 2 is 1.38 bits per heavy atom. The van der Waals surface area contributed by atoms with Crippen molar-refractivity contribution in [3.8, 4) is 0 Å². The molecule has 0 aromatic heterocycles. The first-order valence-corrected chi connectivity index (χ1v) is 6.57. The summed E-state index contributed by atoms with van der Waals surface area (Å²) in [6.45, 7) is 4.42. The molecule has 0 N–H and O–H groups in total. The Morgan fingerprint density at radius 1 is 0.938 bits per heavy atom. The Morgan fingerprint density at radius 3 is 1.81 bits per heavy atom. The van der Waals surface area contributed by atoms with Crippen LogP contribution >= 0.6 is 0 Å². The summed E-state index contributed by atoms with van der Waals surface area (Å²) in [6, 6.07) is 0. The predicted molar refractivity (Wildman–Crippen MR) is 64.8 cm³/mol. The molecule has 1 saturated carbocycles. The largest absolute Gasteiger partial charge is 0.299 e. The summed E-state index contributed by atoms with van der Waals surface area (Å²) in [5.74, 6) is 3.39. The van der Waals surface area contributed by atoms with Gasteiger partial charge in [0.15, 0.2) is 0 Å². The molecule has 0 spiro atoms. The number of ketones is 1. The molecule has 1 heteroatoms. The molecule has 16 heavy (non-hydrogen) atoms. The van der Waals surface area contributed by atoms with Crippen LogP contribution < -0.4 is 0 Å². The first-order valence-electron chi connectivity index (χ1n) is 6.57. The number of fused-ring (bicyclic) bond motifs is 3. The molecule has 0 heterocycles. The molecule has 0 unspecified atom stereocenters. The minimum Gasteiger partial charge on any atom is -0.299 e. The van der Waals surface area contributed by atoms with Gasteiger partial charge in [-0.3, -0.25) is 4.79 Å². The molecule has 86 valence electrons. The van der Waals surface area contributed by atoms with Gasteiger partial charge >= 0.3 is 0 Å². The van der Waals surface area contributed by atoms with E-state index in [2.05, 4.69) is 38.2 Å². The Balaban J connectivity index is 1.98. The van der Waals surface area contributed by atoms with Gasteiger partial charge in [-0.2, -0.15) is 0 Å². The number of allylic oxidation sites excluding steroid dienone is 4. The van der Waals surface area contributed by atoms with Gasteiger partial charge in [-0.25, -0.2) is 0 Å². The molecule has 0 amide bonds. The molecule has 6 atom stereocenters. The summed E-state index contributed by atoms with van der Waals surface area (Å²) in [5, 5.41) is 0. The molecule has 3 rings (SSSR count). The maximum absolute atomic E-state index is 12.5. The molecular weight excluding hydrogens is 196 g/mol. The quantitative estimate of drug-likeness (QED) is 0.568. The fraction of sp³-hybridized carbons (Fsp3) is 0.667. The van der Waals surface area contributed by atoms with E-state index in [1.807, 2.05) is 0 Å². The molecule has 0 aromatic carbocycles. The second-order valence-electron chi connectivity index (χ2n) is 5.83. The first kappa shape index (κ1) is 10.3. The number of Topliss-reactive ketones (excluding diaryl/α,β-unsaturated/α-hetero) is 1. The average molecular weight is 216 g/mol. The van der Waals surface area contributed by atoms with Gasteiger partial charge in [0.1, 0.15) is 5.78 Å². The van der Waals surface area contributed by atoms with Crippen molar-refractivity contribution in [2.24, 2.45) is 35.5 Å². The van der Waals surface area contributed by atoms with Gasteiger partial charge in [0.2, 0.25) is 0 Å². The van der Waals surface area contributed by atoms with E-state index in [0.29, 0.717) is 41.3 Å². The van der Waals surface area contributed by atoms with E-state index in [-0.39, 0.29) is 0 Å². The van der Waals surface area contributed by atoms with Crippen molar-refractivity contribution < 1.29 is 4.79 Å². The van der Waals surface area contributed by atoms with E-state index < -0.39 is 0 Å². The van der Waals surface area contributed by atoms with Crippen LogP contribution in [0.1, 0.15) is 26.7 Å². The topological polar surface area (TPSA) is 17.1 Å². The molecular formula is C15H20O. The summed E-state index contributed by atoms with van der Waals surface area (Å²) in [7, 11) is 0. The lowest BCUT2D eigenvalue weighted by Gasteiger charge is -2.31. The van der Waals surface area contributed by atoms with Gasteiger partial charge in [-0.1, -0.05) is 38.2 Å². The zero-order chi connectivity index (χ0) is 11.3. The van der Waals surface area contributed by atoms with Crippen molar-refractivity contribution in [2.45, 2.75) is 26.7 Å². The van der Waals surface area contributed by atoms with E-state index in [1.165, 1.54) is 0 Å². The Kier molecular flexibility index (Phi) is 2.31. The third-order valence-electron chi connectivity index (χ3n) is 4.96. The normalized spacial score (nSPS) is 50.2. The molecule has 3 aliphatic carbocycles. The Labute approximate surface area is 97.6 Å². The van der Waals surface area contributed by atoms with Crippen LogP contribution in [0.15, 0.2) is 24.3 Å². The van der Waals surface area contributed by atoms with Crippen LogP contribution in [0.3, 0.4) is 0 Å². The number of hydrogen-bond acceptors (Lipinski definition) is 1. The Hall–Kier alpha value is -0.850. The average Bonchev–Trinajstić information content (AvgIpc) is 2.56. The highest BCUT2D eigenvalue weighted by atomic mass is 16.1. The van der Waals surface area contributed by atoms with Crippen LogP contribution in [-0.2, 0) is 4.79 Å². The van der Waals surface area contributed by atoms with Crippen LogP contribution in [0.2, 0.25) is 0 Å². The fourth-order valence-electron chi connectivity index (χ4n) is 4.26. The number of hydrogen-bond donors (Lipinski definition) is 0. The highest BCUT2D eigenvalue weighted by molar-refractivity contribution is 5.87. The second-order valence-corrected chi connectivity index (χ2v) is 5.83. The smallest absolute Gasteiger partial charge is 0.140 e. The van der Waals surface area contributed by atoms with E-state index in [9.17, 15) is 4.79 Å². The SMILES string of the molecule is C[C@@H]1C=CC[C@@H]2[C@@H]3CC=C[C@H](C)[C@@H]3C(=O)[C@H]21. The number of carbonyl (C=O) groups excluding carboxylic acids is 1. The lowest BCUT2D eigenvalue weighted by Crippen LogP contribution is -2.26. The molecule has 0 aliphatic heterocycles. The summed E-state index contributed by atoms with van der Waals surface area (Å²) < 4.78 is 0. The highest BCUT2D eigenvalue weighted by Crippen LogP contribution is 2.52. The first-order chi connectivity index (χ1) is 7.70. The van der Waals surface area contributed by atoms with Crippen molar-refractivity contribution in [1.82, 2.24) is 0 Å². The van der Waals surface area contributed by atoms with Crippen LogP contribution in [0, 0.1) is 35.5 Å². The summed E-state index contributed by atoms with van der Waals surface area (Å²) in [4.78, 5) is 12.5. The third-order valence-corrected chi connectivity index (χ3v) is 4.96. The van der Waals surface area contributed by atoms with E-state index in [4.69, 9.17) is 0 Å². The van der Waals surface area contributed by atoms with Crippen molar-refractivity contribution >= 4 is 5.78 Å². The van der Waals surface area contributed by atoms with Gasteiger partial charge in [-0.15, -0.1) is 0 Å². The van der Waals surface area contributed by atoms with Crippen LogP contribution in [0.25, 0.3) is 0 Å². The lowest BCUT2D eigenvalue weighted by atomic mass is 9.73. The van der Waals surface area contributed by atoms with Crippen LogP contribution in [-0.4, -0.2) is 5.78 Å². The summed E-state index contributed by atoms with van der Waals surface area (Å²) in [6.07, 6.45) is 11.3. The molecule has 0 bridgehead atoms. The van der Waals surface area contributed by atoms with Gasteiger partial charge in [0.25, 0.3) is 0 Å². The van der Waals surface area contributed by atoms with Crippen molar-refractivity contribution in [2.75, 3.05) is 0 Å². The maximum Gasteiger partial charge on any atom is 0.140 e. The van der Waals surface area contributed by atoms with Crippen LogP contribution in [0.5, 0.6) is 0 Å². The predicted octanol–water partition coefficient (Wildman–Crippen LogP) is 3.23. The second kappa shape index (κ2) is 3.58. The summed E-state index contributed by atoms with van der Waals surface area (Å²) >= 11 is 0. The highest BCUT2D eigenvalue weighted by Gasteiger charge is 2.52. The van der Waals surface area contributed by atoms with Gasteiger partial charge in [0, 0.05) is 11.8 Å².